The second kappa shape index (κ2) is 11.5. The lowest BCUT2D eigenvalue weighted by Gasteiger charge is -2.42. The van der Waals surface area contributed by atoms with Crippen molar-refractivity contribution in [2.24, 2.45) is 5.41 Å². The molecule has 0 N–H and O–H groups in total. The molecule has 35 heavy (non-hydrogen) atoms. The van der Waals surface area contributed by atoms with E-state index in [0.717, 1.165) is 56.0 Å². The number of aryl methyl sites for hydroxylation is 2. The Morgan fingerprint density at radius 1 is 1.06 bits per heavy atom. The number of benzene rings is 2. The fourth-order valence-electron chi connectivity index (χ4n) is 4.83. The summed E-state index contributed by atoms with van der Waals surface area (Å²) >= 11 is 0. The molecule has 6 nitrogen and oxygen atoms in total. The van der Waals surface area contributed by atoms with Gasteiger partial charge in [-0.25, -0.2) is 0 Å². The molecule has 1 saturated heterocycles. The van der Waals surface area contributed by atoms with Crippen LogP contribution in [0.2, 0.25) is 0 Å². The van der Waals surface area contributed by atoms with Gasteiger partial charge < -0.3 is 9.64 Å². The number of hydrogen-bond acceptors (Lipinski definition) is 4. The van der Waals surface area contributed by atoms with Crippen LogP contribution in [0.25, 0.3) is 0 Å². The van der Waals surface area contributed by atoms with Crippen LogP contribution >= 0.6 is 0 Å². The molecule has 1 aromatic heterocycles. The number of hydrogen-bond donors (Lipinski definition) is 0. The summed E-state index contributed by atoms with van der Waals surface area (Å²) in [5.74, 6) is 1.04. The molecule has 1 aliphatic heterocycles. The molecule has 2 aromatic carbocycles. The minimum absolute atomic E-state index is 0.170. The van der Waals surface area contributed by atoms with Crippen molar-refractivity contribution >= 4 is 5.91 Å². The Morgan fingerprint density at radius 3 is 2.34 bits per heavy atom. The predicted molar refractivity (Wildman–Crippen MR) is 139 cm³/mol. The smallest absolute Gasteiger partial charge is 0.223 e. The normalized spacial score (nSPS) is 15.6. The largest absolute Gasteiger partial charge is 0.493 e. The van der Waals surface area contributed by atoms with Gasteiger partial charge in [0.1, 0.15) is 5.75 Å². The van der Waals surface area contributed by atoms with Gasteiger partial charge in [-0.15, -0.1) is 0 Å². The molecule has 0 spiro atoms. The number of rotatable bonds is 10. The zero-order valence-electron chi connectivity index (χ0n) is 21.3. The van der Waals surface area contributed by atoms with Crippen molar-refractivity contribution in [2.75, 3.05) is 26.7 Å². The molecule has 6 heteroatoms. The van der Waals surface area contributed by atoms with Crippen LogP contribution in [0.5, 0.6) is 5.75 Å². The average molecular weight is 475 g/mol. The van der Waals surface area contributed by atoms with Crippen LogP contribution < -0.4 is 4.74 Å². The maximum Gasteiger partial charge on any atom is 0.223 e. The van der Waals surface area contributed by atoms with Crippen molar-refractivity contribution in [1.82, 2.24) is 19.6 Å². The summed E-state index contributed by atoms with van der Waals surface area (Å²) in [5, 5.41) is 4.60. The Bertz CT molecular complexity index is 1070. The Kier molecular flexibility index (Phi) is 8.24. The lowest BCUT2D eigenvalue weighted by atomic mass is 9.75. The van der Waals surface area contributed by atoms with E-state index in [1.807, 2.05) is 65.2 Å². The highest BCUT2D eigenvalue weighted by atomic mass is 16.5. The molecular formula is C29H38N4O2. The van der Waals surface area contributed by atoms with Crippen LogP contribution in [0.4, 0.5) is 0 Å². The summed E-state index contributed by atoms with van der Waals surface area (Å²) in [4.78, 5) is 17.7. The first-order chi connectivity index (χ1) is 17.0. The molecule has 0 saturated carbocycles. The molecule has 0 radical (unpaired) electrons. The van der Waals surface area contributed by atoms with Gasteiger partial charge in [-0.3, -0.25) is 14.4 Å². The lowest BCUT2D eigenvalue weighted by molar-refractivity contribution is -0.134. The zero-order chi connectivity index (χ0) is 24.7. The Labute approximate surface area is 209 Å². The predicted octanol–water partition coefficient (Wildman–Crippen LogP) is 4.92. The standard InChI is InChI=1S/C29H38N4O2/c1-4-33-22-26(24(2)30-33)21-32-17-15-29(16-18-32,23-35-27-13-9-6-10-14-27)19-28(34)31(3)20-25-11-7-5-8-12-25/h5-14,22H,4,15-21,23H2,1-3H3. The van der Waals surface area contributed by atoms with Gasteiger partial charge in [-0.1, -0.05) is 48.5 Å². The molecule has 0 atom stereocenters. The third kappa shape index (κ3) is 6.73. The summed E-state index contributed by atoms with van der Waals surface area (Å²) in [6.07, 6.45) is 4.54. The fourth-order valence-corrected chi connectivity index (χ4v) is 4.83. The monoisotopic (exact) mass is 474 g/mol. The van der Waals surface area contributed by atoms with Crippen molar-refractivity contribution < 1.29 is 9.53 Å². The van der Waals surface area contributed by atoms with E-state index in [0.29, 0.717) is 19.6 Å². The number of piperidine rings is 1. The minimum Gasteiger partial charge on any atom is -0.493 e. The third-order valence-corrected chi connectivity index (χ3v) is 7.19. The first-order valence-corrected chi connectivity index (χ1v) is 12.7. The van der Waals surface area contributed by atoms with Crippen molar-refractivity contribution in [2.45, 2.75) is 52.7 Å². The van der Waals surface area contributed by atoms with Crippen molar-refractivity contribution in [3.63, 3.8) is 0 Å². The first-order valence-electron chi connectivity index (χ1n) is 12.7. The van der Waals surface area contributed by atoms with Crippen LogP contribution in [-0.2, 0) is 24.4 Å². The van der Waals surface area contributed by atoms with Gasteiger partial charge in [0.15, 0.2) is 0 Å². The lowest BCUT2D eigenvalue weighted by Crippen LogP contribution is -2.45. The molecule has 4 rings (SSSR count). The Balaban J connectivity index is 1.41. The summed E-state index contributed by atoms with van der Waals surface area (Å²) in [5.41, 5.74) is 3.37. The highest BCUT2D eigenvalue weighted by molar-refractivity contribution is 5.76. The Hall–Kier alpha value is -3.12. The van der Waals surface area contributed by atoms with E-state index in [1.54, 1.807) is 0 Å². The summed E-state index contributed by atoms with van der Waals surface area (Å²) < 4.78 is 8.24. The van der Waals surface area contributed by atoms with Crippen LogP contribution in [-0.4, -0.2) is 52.2 Å². The van der Waals surface area contributed by atoms with Gasteiger partial charge >= 0.3 is 0 Å². The zero-order valence-corrected chi connectivity index (χ0v) is 21.3. The molecule has 0 bridgehead atoms. The van der Waals surface area contributed by atoms with E-state index in [9.17, 15) is 4.79 Å². The number of ether oxygens (including phenoxy) is 1. The van der Waals surface area contributed by atoms with Crippen molar-refractivity contribution in [1.29, 1.82) is 0 Å². The molecular weight excluding hydrogens is 436 g/mol. The van der Waals surface area contributed by atoms with E-state index < -0.39 is 0 Å². The highest BCUT2D eigenvalue weighted by Gasteiger charge is 2.38. The summed E-state index contributed by atoms with van der Waals surface area (Å²) in [6, 6.07) is 20.1. The molecule has 0 unspecified atom stereocenters. The molecule has 186 valence electrons. The molecule has 0 aliphatic carbocycles. The van der Waals surface area contributed by atoms with Crippen LogP contribution in [0, 0.1) is 12.3 Å². The minimum atomic E-state index is -0.170. The highest BCUT2D eigenvalue weighted by Crippen LogP contribution is 2.37. The van der Waals surface area contributed by atoms with E-state index >= 15 is 0 Å². The summed E-state index contributed by atoms with van der Waals surface area (Å²) in [7, 11) is 1.91. The van der Waals surface area contributed by atoms with Crippen LogP contribution in [0.1, 0.15) is 43.0 Å². The van der Waals surface area contributed by atoms with Gasteiger partial charge in [0, 0.05) is 50.3 Å². The van der Waals surface area contributed by atoms with Gasteiger partial charge in [0.25, 0.3) is 0 Å². The molecule has 1 fully saturated rings. The van der Waals surface area contributed by atoms with Gasteiger partial charge in [-0.05, 0) is 57.5 Å². The van der Waals surface area contributed by atoms with Gasteiger partial charge in [-0.2, -0.15) is 5.10 Å². The number of aromatic nitrogens is 2. The molecule has 1 amide bonds. The molecule has 1 aliphatic rings. The van der Waals surface area contributed by atoms with Crippen molar-refractivity contribution in [3.8, 4) is 5.75 Å². The quantitative estimate of drug-likeness (QED) is 0.418. The number of nitrogens with zero attached hydrogens (tertiary/aromatic N) is 4. The van der Waals surface area contributed by atoms with Crippen molar-refractivity contribution in [3.05, 3.63) is 83.7 Å². The fraction of sp³-hybridized carbons (Fsp3) is 0.448. The van der Waals surface area contributed by atoms with Crippen LogP contribution in [0.15, 0.2) is 66.9 Å². The number of likely N-dealkylation sites (tertiary alicyclic amines) is 1. The second-order valence-electron chi connectivity index (χ2n) is 9.89. The van der Waals surface area contributed by atoms with Gasteiger partial charge in [0.05, 0.1) is 12.3 Å². The number of carbonyl (C=O) groups is 1. The Morgan fingerprint density at radius 2 is 1.71 bits per heavy atom. The van der Waals surface area contributed by atoms with E-state index in [1.165, 1.54) is 5.56 Å². The SMILES string of the molecule is CCn1cc(CN2CCC(COc3ccccc3)(CC(=O)N(C)Cc3ccccc3)CC2)c(C)n1. The van der Waals surface area contributed by atoms with E-state index in [-0.39, 0.29) is 11.3 Å². The maximum atomic E-state index is 13.3. The maximum absolute atomic E-state index is 13.3. The number of para-hydroxylation sites is 1. The van der Waals surface area contributed by atoms with Gasteiger partial charge in [0.2, 0.25) is 5.91 Å². The topological polar surface area (TPSA) is 50.6 Å². The average Bonchev–Trinajstić information content (AvgIpc) is 3.24. The molecule has 3 aromatic rings. The number of carbonyl (C=O) groups excluding carboxylic acids is 1. The second-order valence-corrected chi connectivity index (χ2v) is 9.89. The number of amides is 1. The van der Waals surface area contributed by atoms with E-state index in [2.05, 4.69) is 42.2 Å². The van der Waals surface area contributed by atoms with Crippen LogP contribution in [0.3, 0.4) is 0 Å². The first kappa shape index (κ1) is 25.0. The third-order valence-electron chi connectivity index (χ3n) is 7.19. The van der Waals surface area contributed by atoms with E-state index in [4.69, 9.17) is 4.74 Å². The molecule has 2 heterocycles. The summed E-state index contributed by atoms with van der Waals surface area (Å²) in [6.45, 7) is 9.08.